The largest absolute Gasteiger partial charge is 0.534 e. The molecule has 24 heavy (non-hydrogen) atoms. The van der Waals surface area contributed by atoms with E-state index in [9.17, 15) is 34.8 Å². The first-order valence-corrected chi connectivity index (χ1v) is 8.40. The van der Waals surface area contributed by atoms with Gasteiger partial charge in [0.25, 0.3) is 0 Å². The van der Waals surface area contributed by atoms with E-state index in [4.69, 9.17) is 0 Å². The van der Waals surface area contributed by atoms with E-state index in [0.29, 0.717) is 0 Å². The second-order valence-corrected chi connectivity index (χ2v) is 7.31. The predicted octanol–water partition coefficient (Wildman–Crippen LogP) is 4.40. The molecular formula is C12H6F6INO3S. The molecule has 0 unspecified atom stereocenters. The van der Waals surface area contributed by atoms with E-state index in [1.807, 2.05) is 0 Å². The summed E-state index contributed by atoms with van der Waals surface area (Å²) >= 11 is 1.52. The number of hydrogen-bond donors (Lipinski definition) is 0. The maximum absolute atomic E-state index is 12.8. The Morgan fingerprint density at radius 1 is 1.08 bits per heavy atom. The van der Waals surface area contributed by atoms with Crippen LogP contribution in [-0.4, -0.2) is 18.9 Å². The summed E-state index contributed by atoms with van der Waals surface area (Å²) < 4.78 is 101. The predicted molar refractivity (Wildman–Crippen MR) is 79.8 cm³/mol. The number of aryl methyl sites for hydroxylation is 1. The molecule has 0 aliphatic heterocycles. The second kappa shape index (κ2) is 5.89. The van der Waals surface area contributed by atoms with Gasteiger partial charge in [0.15, 0.2) is 0 Å². The summed E-state index contributed by atoms with van der Waals surface area (Å²) in [5, 5.41) is 0.0194. The van der Waals surface area contributed by atoms with Gasteiger partial charge in [-0.15, -0.1) is 0 Å². The van der Waals surface area contributed by atoms with Crippen molar-refractivity contribution in [3.8, 4) is 5.88 Å². The zero-order valence-corrected chi connectivity index (χ0v) is 14.4. The molecule has 2 rings (SSSR count). The van der Waals surface area contributed by atoms with Crippen molar-refractivity contribution in [3.05, 3.63) is 32.9 Å². The molecule has 0 aliphatic rings. The van der Waals surface area contributed by atoms with Gasteiger partial charge in [0, 0.05) is 15.0 Å². The zero-order valence-electron chi connectivity index (χ0n) is 11.5. The smallest absolute Gasteiger partial charge is 0.355 e. The maximum Gasteiger partial charge on any atom is 0.534 e. The highest BCUT2D eigenvalue weighted by atomic mass is 127. The van der Waals surface area contributed by atoms with Crippen LogP contribution in [0.15, 0.2) is 18.2 Å². The molecule has 4 nitrogen and oxygen atoms in total. The fraction of sp³-hybridized carbons (Fsp3) is 0.250. The lowest BCUT2D eigenvalue weighted by Gasteiger charge is -2.13. The molecule has 0 atom stereocenters. The van der Waals surface area contributed by atoms with E-state index < -0.39 is 33.2 Å². The molecule has 0 aliphatic carbocycles. The van der Waals surface area contributed by atoms with Gasteiger partial charge in [-0.05, 0) is 47.2 Å². The minimum atomic E-state index is -5.93. The molecule has 0 saturated heterocycles. The number of rotatable bonds is 2. The van der Waals surface area contributed by atoms with Crippen LogP contribution in [0.2, 0.25) is 0 Å². The molecule has 0 spiro atoms. The number of hydrogen-bond acceptors (Lipinski definition) is 4. The van der Waals surface area contributed by atoms with Gasteiger partial charge in [-0.25, -0.2) is 4.98 Å². The lowest BCUT2D eigenvalue weighted by molar-refractivity contribution is -0.137. The number of pyridine rings is 1. The lowest BCUT2D eigenvalue weighted by atomic mass is 10.1. The molecule has 132 valence electrons. The Bertz CT molecular complexity index is 908. The van der Waals surface area contributed by atoms with Gasteiger partial charge in [0.2, 0.25) is 5.88 Å². The Kier molecular flexibility index (Phi) is 4.67. The van der Waals surface area contributed by atoms with Crippen molar-refractivity contribution in [1.29, 1.82) is 0 Å². The highest BCUT2D eigenvalue weighted by Gasteiger charge is 2.49. The van der Waals surface area contributed by atoms with Gasteiger partial charge in [0.05, 0.1) is 11.1 Å². The van der Waals surface area contributed by atoms with E-state index in [2.05, 4.69) is 9.17 Å². The van der Waals surface area contributed by atoms with E-state index in [1.54, 1.807) is 0 Å². The maximum atomic E-state index is 12.8. The van der Waals surface area contributed by atoms with Crippen molar-refractivity contribution in [2.24, 2.45) is 0 Å². The second-order valence-electron chi connectivity index (χ2n) is 4.61. The van der Waals surface area contributed by atoms with Gasteiger partial charge in [-0.1, -0.05) is 0 Å². The molecule has 2 aromatic rings. The summed E-state index contributed by atoms with van der Waals surface area (Å²) in [7, 11) is -5.93. The molecular weight excluding hydrogens is 479 g/mol. The highest BCUT2D eigenvalue weighted by Crippen LogP contribution is 2.35. The molecule has 0 N–H and O–H groups in total. The van der Waals surface area contributed by atoms with Crippen LogP contribution in [0.4, 0.5) is 26.3 Å². The third-order valence-electron chi connectivity index (χ3n) is 2.86. The van der Waals surface area contributed by atoms with E-state index in [0.717, 1.165) is 18.2 Å². The Labute approximate surface area is 145 Å². The van der Waals surface area contributed by atoms with Crippen molar-refractivity contribution >= 4 is 43.6 Å². The monoisotopic (exact) mass is 485 g/mol. The molecule has 1 heterocycles. The van der Waals surface area contributed by atoms with Crippen molar-refractivity contribution in [3.63, 3.8) is 0 Å². The molecule has 0 fully saturated rings. The number of benzene rings is 1. The third-order valence-corrected chi connectivity index (χ3v) is 4.64. The Hall–Kier alpha value is -1.31. The minimum Gasteiger partial charge on any atom is -0.355 e. The number of halogens is 7. The van der Waals surface area contributed by atoms with Crippen LogP contribution >= 0.6 is 22.6 Å². The fourth-order valence-corrected chi connectivity index (χ4v) is 2.94. The van der Waals surface area contributed by atoms with E-state index in [-0.39, 0.29) is 20.0 Å². The van der Waals surface area contributed by atoms with Crippen molar-refractivity contribution in [2.45, 2.75) is 18.6 Å². The molecule has 0 bridgehead atoms. The number of fused-ring (bicyclic) bond motifs is 1. The SMILES string of the molecule is Cc1cc(OS(=O)(=O)C(F)(F)F)nc2c(I)cc(C(F)(F)F)cc12. The highest BCUT2D eigenvalue weighted by molar-refractivity contribution is 14.1. The van der Waals surface area contributed by atoms with Crippen LogP contribution in [0.3, 0.4) is 0 Å². The van der Waals surface area contributed by atoms with E-state index >= 15 is 0 Å². The third kappa shape index (κ3) is 3.68. The van der Waals surface area contributed by atoms with Crippen molar-refractivity contribution in [2.75, 3.05) is 0 Å². The molecule has 0 radical (unpaired) electrons. The molecule has 1 aromatic heterocycles. The summed E-state index contributed by atoms with van der Waals surface area (Å²) in [5.74, 6) is -0.880. The lowest BCUT2D eigenvalue weighted by Crippen LogP contribution is -2.28. The molecule has 12 heteroatoms. The average molecular weight is 485 g/mol. The van der Waals surface area contributed by atoms with Crippen LogP contribution in [0.5, 0.6) is 5.88 Å². The number of nitrogens with zero attached hydrogens (tertiary/aromatic N) is 1. The van der Waals surface area contributed by atoms with E-state index in [1.165, 1.54) is 29.5 Å². The molecule has 1 aromatic carbocycles. The summed E-state index contributed by atoms with van der Waals surface area (Å²) in [5.41, 5.74) is -6.63. The Morgan fingerprint density at radius 2 is 1.67 bits per heavy atom. The number of aromatic nitrogens is 1. The summed E-state index contributed by atoms with van der Waals surface area (Å²) in [4.78, 5) is 3.58. The summed E-state index contributed by atoms with van der Waals surface area (Å²) in [6, 6.07) is 2.35. The van der Waals surface area contributed by atoms with Gasteiger partial charge >= 0.3 is 21.8 Å². The minimum absolute atomic E-state index is 0.0182. The standard InChI is InChI=1S/C12H6F6INO3S/c1-5-2-9(23-24(21,22)12(16,17)18)20-10-7(5)3-6(4-8(10)19)11(13,14)15/h2-4H,1H3. The Morgan fingerprint density at radius 3 is 2.17 bits per heavy atom. The van der Waals surface area contributed by atoms with Crippen LogP contribution in [-0.2, 0) is 16.3 Å². The molecule has 0 saturated carbocycles. The topological polar surface area (TPSA) is 56.3 Å². The molecule has 0 amide bonds. The van der Waals surface area contributed by atoms with Gasteiger partial charge in [0.1, 0.15) is 0 Å². The number of alkyl halides is 6. The van der Waals surface area contributed by atoms with Crippen LogP contribution < -0.4 is 4.18 Å². The van der Waals surface area contributed by atoms with Gasteiger partial charge in [-0.2, -0.15) is 34.8 Å². The van der Waals surface area contributed by atoms with Gasteiger partial charge in [-0.3, -0.25) is 0 Å². The Balaban J connectivity index is 2.62. The first-order chi connectivity index (χ1) is 10.7. The first-order valence-electron chi connectivity index (χ1n) is 5.91. The van der Waals surface area contributed by atoms with Crippen LogP contribution in [0.25, 0.3) is 10.9 Å². The summed E-state index contributed by atoms with van der Waals surface area (Å²) in [6.07, 6.45) is -4.62. The fourth-order valence-electron chi connectivity index (χ4n) is 1.78. The van der Waals surface area contributed by atoms with Crippen LogP contribution in [0.1, 0.15) is 11.1 Å². The zero-order chi connectivity index (χ0) is 18.5. The normalized spacial score (nSPS) is 13.3. The summed E-state index contributed by atoms with van der Waals surface area (Å²) in [6.45, 7) is 1.30. The van der Waals surface area contributed by atoms with Gasteiger partial charge < -0.3 is 4.18 Å². The quantitative estimate of drug-likeness (QED) is 0.274. The van der Waals surface area contributed by atoms with Crippen LogP contribution in [0, 0.1) is 10.5 Å². The average Bonchev–Trinajstić information content (AvgIpc) is 2.36. The first kappa shape index (κ1) is 19.0. The van der Waals surface area contributed by atoms with Crippen molar-refractivity contribution < 1.29 is 38.9 Å². The van der Waals surface area contributed by atoms with Crippen molar-refractivity contribution in [1.82, 2.24) is 4.98 Å².